The van der Waals surface area contributed by atoms with Gasteiger partial charge in [-0.25, -0.2) is 0 Å². The molecule has 0 bridgehead atoms. The van der Waals surface area contributed by atoms with E-state index < -0.39 is 0 Å². The summed E-state index contributed by atoms with van der Waals surface area (Å²) in [5.41, 5.74) is -0.205. The zero-order chi connectivity index (χ0) is 10.6. The molecule has 0 saturated heterocycles. The Balaban J connectivity index is 2.75. The number of carbonyl (C=O) groups is 1. The Morgan fingerprint density at radius 3 is 2.36 bits per heavy atom. The van der Waals surface area contributed by atoms with Crippen LogP contribution in [0.3, 0.4) is 0 Å². The van der Waals surface area contributed by atoms with Gasteiger partial charge in [-0.2, -0.15) is 0 Å². The summed E-state index contributed by atoms with van der Waals surface area (Å²) in [5, 5.41) is 0. The second-order valence-electron chi connectivity index (χ2n) is 4.16. The smallest absolute Gasteiger partial charge is 0.164 e. The van der Waals surface area contributed by atoms with Crippen LogP contribution in [0.2, 0.25) is 0 Å². The van der Waals surface area contributed by atoms with Gasteiger partial charge in [-0.3, -0.25) is 9.69 Å². The van der Waals surface area contributed by atoms with Crippen molar-refractivity contribution in [3.05, 3.63) is 0 Å². The van der Waals surface area contributed by atoms with Crippen LogP contribution in [0.25, 0.3) is 0 Å². The highest BCUT2D eigenvalue weighted by Gasteiger charge is 2.41. The minimum atomic E-state index is -0.205. The zero-order valence-corrected chi connectivity index (χ0v) is 9.39. The maximum Gasteiger partial charge on any atom is 0.164 e. The third-order valence-electron chi connectivity index (χ3n) is 3.23. The van der Waals surface area contributed by atoms with Gasteiger partial charge in [0.15, 0.2) is 5.78 Å². The Bertz CT molecular complexity index is 264. The molecule has 2 heteroatoms. The number of carbonyl (C=O) groups excluding carboxylic acids is 1. The standard InChI is InChI=1S/C12H19NO/c1-4-5-8-11(14)12(13(2)3)9-6-7-10-12/h6-10H2,1-3H3. The van der Waals surface area contributed by atoms with Gasteiger partial charge in [-0.15, -0.1) is 5.92 Å². The molecule has 1 fully saturated rings. The fourth-order valence-corrected chi connectivity index (χ4v) is 2.27. The normalized spacial score (nSPS) is 19.1. The van der Waals surface area contributed by atoms with Gasteiger partial charge in [0.05, 0.1) is 12.0 Å². The minimum Gasteiger partial charge on any atom is -0.297 e. The molecule has 0 N–H and O–H groups in total. The highest BCUT2D eigenvalue weighted by Crippen LogP contribution is 2.35. The number of nitrogens with zero attached hydrogens (tertiary/aromatic N) is 1. The number of rotatable bonds is 3. The summed E-state index contributed by atoms with van der Waals surface area (Å²) in [6.45, 7) is 1.78. The van der Waals surface area contributed by atoms with Crippen molar-refractivity contribution in [2.75, 3.05) is 14.1 Å². The maximum atomic E-state index is 12.0. The summed E-state index contributed by atoms with van der Waals surface area (Å²) in [6, 6.07) is 0. The monoisotopic (exact) mass is 193 g/mol. The third-order valence-corrected chi connectivity index (χ3v) is 3.23. The van der Waals surface area contributed by atoms with Crippen LogP contribution in [0.1, 0.15) is 39.0 Å². The summed E-state index contributed by atoms with van der Waals surface area (Å²) in [4.78, 5) is 14.1. The van der Waals surface area contributed by atoms with Gasteiger partial charge in [-0.1, -0.05) is 18.8 Å². The Morgan fingerprint density at radius 2 is 1.93 bits per heavy atom. The van der Waals surface area contributed by atoms with Crippen LogP contribution in [0.15, 0.2) is 0 Å². The van der Waals surface area contributed by atoms with Crippen molar-refractivity contribution in [3.8, 4) is 11.8 Å². The zero-order valence-electron chi connectivity index (χ0n) is 9.39. The second-order valence-corrected chi connectivity index (χ2v) is 4.16. The average Bonchev–Trinajstić information content (AvgIpc) is 2.63. The van der Waals surface area contributed by atoms with E-state index in [1.807, 2.05) is 14.1 Å². The van der Waals surface area contributed by atoms with E-state index in [9.17, 15) is 4.79 Å². The van der Waals surface area contributed by atoms with Crippen molar-refractivity contribution < 1.29 is 4.79 Å². The molecule has 0 radical (unpaired) electrons. The van der Waals surface area contributed by atoms with E-state index in [0.29, 0.717) is 12.2 Å². The fraction of sp³-hybridized carbons (Fsp3) is 0.750. The molecule has 1 saturated carbocycles. The van der Waals surface area contributed by atoms with Crippen molar-refractivity contribution >= 4 is 5.78 Å². The molecule has 1 rings (SSSR count). The van der Waals surface area contributed by atoms with Gasteiger partial charge in [0, 0.05) is 0 Å². The summed E-state index contributed by atoms with van der Waals surface area (Å²) >= 11 is 0. The Kier molecular flexibility index (Phi) is 3.71. The van der Waals surface area contributed by atoms with Gasteiger partial charge in [0.2, 0.25) is 0 Å². The van der Waals surface area contributed by atoms with E-state index in [2.05, 4.69) is 16.7 Å². The number of hydrogen-bond acceptors (Lipinski definition) is 2. The van der Waals surface area contributed by atoms with Gasteiger partial charge in [0.25, 0.3) is 0 Å². The van der Waals surface area contributed by atoms with E-state index >= 15 is 0 Å². The van der Waals surface area contributed by atoms with Gasteiger partial charge >= 0.3 is 0 Å². The predicted octanol–water partition coefficient (Wildman–Crippen LogP) is 1.84. The van der Waals surface area contributed by atoms with E-state index in [4.69, 9.17) is 0 Å². The molecule has 0 aromatic rings. The lowest BCUT2D eigenvalue weighted by Gasteiger charge is -2.34. The third kappa shape index (κ3) is 1.99. The Labute approximate surface area is 86.7 Å². The van der Waals surface area contributed by atoms with E-state index in [-0.39, 0.29) is 5.54 Å². The maximum absolute atomic E-state index is 12.0. The van der Waals surface area contributed by atoms with Gasteiger partial charge in [-0.05, 0) is 33.9 Å². The van der Waals surface area contributed by atoms with Crippen LogP contribution < -0.4 is 0 Å². The SMILES string of the molecule is CC#CCC(=O)C1(N(C)C)CCCC1. The molecule has 0 aromatic carbocycles. The molecule has 2 nitrogen and oxygen atoms in total. The van der Waals surface area contributed by atoms with Crippen molar-refractivity contribution in [1.29, 1.82) is 0 Å². The number of ketones is 1. The van der Waals surface area contributed by atoms with Crippen LogP contribution in [0, 0.1) is 11.8 Å². The lowest BCUT2D eigenvalue weighted by Crippen LogP contribution is -2.48. The lowest BCUT2D eigenvalue weighted by molar-refractivity contribution is -0.128. The molecule has 0 atom stereocenters. The molecule has 0 spiro atoms. The molecular formula is C12H19NO. The largest absolute Gasteiger partial charge is 0.297 e. The summed E-state index contributed by atoms with van der Waals surface area (Å²) in [7, 11) is 4.01. The van der Waals surface area contributed by atoms with Crippen molar-refractivity contribution in [1.82, 2.24) is 4.90 Å². The topological polar surface area (TPSA) is 20.3 Å². The summed E-state index contributed by atoms with van der Waals surface area (Å²) < 4.78 is 0. The Hall–Kier alpha value is -0.810. The van der Waals surface area contributed by atoms with E-state index in [0.717, 1.165) is 12.8 Å². The first-order valence-corrected chi connectivity index (χ1v) is 5.24. The van der Waals surface area contributed by atoms with Crippen LogP contribution in [-0.2, 0) is 4.79 Å². The van der Waals surface area contributed by atoms with Crippen LogP contribution in [-0.4, -0.2) is 30.3 Å². The molecule has 78 valence electrons. The summed E-state index contributed by atoms with van der Waals surface area (Å²) in [6.07, 6.45) is 4.76. The van der Waals surface area contributed by atoms with Crippen LogP contribution in [0.4, 0.5) is 0 Å². The molecule has 1 aliphatic rings. The molecule has 0 unspecified atom stereocenters. The summed E-state index contributed by atoms with van der Waals surface area (Å²) in [5.74, 6) is 5.97. The molecule has 0 aliphatic heterocycles. The molecule has 0 heterocycles. The van der Waals surface area contributed by atoms with Crippen molar-refractivity contribution in [3.63, 3.8) is 0 Å². The molecule has 0 aromatic heterocycles. The first-order valence-electron chi connectivity index (χ1n) is 5.24. The van der Waals surface area contributed by atoms with Gasteiger partial charge < -0.3 is 0 Å². The quantitative estimate of drug-likeness (QED) is 0.637. The number of likely N-dealkylation sites (N-methyl/N-ethyl adjacent to an activating group) is 1. The molecular weight excluding hydrogens is 174 g/mol. The second kappa shape index (κ2) is 4.61. The highest BCUT2D eigenvalue weighted by molar-refractivity contribution is 5.90. The van der Waals surface area contributed by atoms with Crippen molar-refractivity contribution in [2.24, 2.45) is 0 Å². The molecule has 1 aliphatic carbocycles. The van der Waals surface area contributed by atoms with E-state index in [1.165, 1.54) is 12.8 Å². The number of hydrogen-bond donors (Lipinski definition) is 0. The predicted molar refractivity (Wildman–Crippen MR) is 58.0 cm³/mol. The first-order chi connectivity index (χ1) is 6.63. The fourth-order valence-electron chi connectivity index (χ4n) is 2.27. The average molecular weight is 193 g/mol. The Morgan fingerprint density at radius 1 is 1.36 bits per heavy atom. The molecule has 14 heavy (non-hydrogen) atoms. The lowest BCUT2D eigenvalue weighted by atomic mass is 9.89. The highest BCUT2D eigenvalue weighted by atomic mass is 16.1. The molecule has 0 amide bonds. The first kappa shape index (κ1) is 11.3. The van der Waals surface area contributed by atoms with Crippen molar-refractivity contribution in [2.45, 2.75) is 44.6 Å². The van der Waals surface area contributed by atoms with Crippen LogP contribution in [0.5, 0.6) is 0 Å². The number of Topliss-reactive ketones (excluding diaryl/α,β-unsaturated/α-hetero) is 1. The minimum absolute atomic E-state index is 0.205. The van der Waals surface area contributed by atoms with Crippen LogP contribution >= 0.6 is 0 Å². The van der Waals surface area contributed by atoms with E-state index in [1.54, 1.807) is 6.92 Å². The van der Waals surface area contributed by atoms with Gasteiger partial charge in [0.1, 0.15) is 0 Å².